The van der Waals surface area contributed by atoms with Gasteiger partial charge < -0.3 is 4.98 Å². The lowest BCUT2D eigenvalue weighted by Crippen LogP contribution is -2.34. The van der Waals surface area contributed by atoms with Crippen LogP contribution >= 0.6 is 15.9 Å². The summed E-state index contributed by atoms with van der Waals surface area (Å²) in [6.45, 7) is 5.67. The van der Waals surface area contributed by atoms with Crippen molar-refractivity contribution < 1.29 is 0 Å². The summed E-state index contributed by atoms with van der Waals surface area (Å²) >= 11 is 3.49. The highest BCUT2D eigenvalue weighted by Gasteiger charge is 2.17. The summed E-state index contributed by atoms with van der Waals surface area (Å²) in [5.74, 6) is 1.90. The lowest BCUT2D eigenvalue weighted by molar-refractivity contribution is 0.173. The molecule has 2 heterocycles. The van der Waals surface area contributed by atoms with E-state index in [0.717, 1.165) is 33.8 Å². The van der Waals surface area contributed by atoms with Gasteiger partial charge in [-0.15, -0.1) is 0 Å². The molecule has 4 heteroatoms. The van der Waals surface area contributed by atoms with Crippen LogP contribution in [0.5, 0.6) is 0 Å². The van der Waals surface area contributed by atoms with Crippen molar-refractivity contribution in [2.75, 3.05) is 13.1 Å². The van der Waals surface area contributed by atoms with Gasteiger partial charge in [-0.05, 0) is 43.5 Å². The first-order chi connectivity index (χ1) is 8.70. The van der Waals surface area contributed by atoms with Crippen molar-refractivity contribution in [2.24, 2.45) is 5.92 Å². The number of nitrogens with zero attached hydrogens (tertiary/aromatic N) is 2. The molecule has 96 valence electrons. The van der Waals surface area contributed by atoms with E-state index in [0.29, 0.717) is 0 Å². The fraction of sp³-hybridized carbons (Fsp3) is 0.500. The number of piperidine rings is 1. The van der Waals surface area contributed by atoms with Crippen molar-refractivity contribution in [3.8, 4) is 0 Å². The van der Waals surface area contributed by atoms with Crippen molar-refractivity contribution in [2.45, 2.75) is 26.3 Å². The Bertz CT molecular complexity index is 549. The Kier molecular flexibility index (Phi) is 3.39. The van der Waals surface area contributed by atoms with Gasteiger partial charge >= 0.3 is 0 Å². The van der Waals surface area contributed by atoms with Crippen LogP contribution < -0.4 is 0 Å². The Balaban J connectivity index is 1.78. The minimum absolute atomic E-state index is 0.817. The second-order valence-corrected chi connectivity index (χ2v) is 6.24. The number of benzene rings is 1. The van der Waals surface area contributed by atoms with E-state index in [1.165, 1.54) is 25.9 Å². The maximum Gasteiger partial charge on any atom is 0.121 e. The quantitative estimate of drug-likeness (QED) is 0.920. The van der Waals surface area contributed by atoms with E-state index in [1.807, 2.05) is 6.07 Å². The normalized spacial score (nSPS) is 21.6. The number of imidazole rings is 1. The Morgan fingerprint density at radius 1 is 1.50 bits per heavy atom. The molecule has 1 unspecified atom stereocenters. The van der Waals surface area contributed by atoms with Crippen molar-refractivity contribution in [1.82, 2.24) is 14.9 Å². The van der Waals surface area contributed by atoms with Gasteiger partial charge in [-0.25, -0.2) is 4.98 Å². The number of H-pyrrole nitrogens is 1. The molecule has 1 saturated heterocycles. The highest BCUT2D eigenvalue weighted by molar-refractivity contribution is 9.10. The van der Waals surface area contributed by atoms with Crippen molar-refractivity contribution in [3.05, 3.63) is 28.5 Å². The van der Waals surface area contributed by atoms with Crippen LogP contribution in [-0.4, -0.2) is 28.0 Å². The molecule has 1 N–H and O–H groups in total. The minimum atomic E-state index is 0.817. The highest BCUT2D eigenvalue weighted by Crippen LogP contribution is 2.20. The lowest BCUT2D eigenvalue weighted by Gasteiger charge is -2.29. The summed E-state index contributed by atoms with van der Waals surface area (Å²) in [7, 11) is 0. The summed E-state index contributed by atoms with van der Waals surface area (Å²) in [6, 6.07) is 6.18. The van der Waals surface area contributed by atoms with Crippen molar-refractivity contribution >= 4 is 27.0 Å². The van der Waals surface area contributed by atoms with E-state index in [9.17, 15) is 0 Å². The van der Waals surface area contributed by atoms with E-state index in [2.05, 4.69) is 49.9 Å². The first-order valence-corrected chi connectivity index (χ1v) is 7.36. The van der Waals surface area contributed by atoms with Crippen LogP contribution in [0.15, 0.2) is 22.7 Å². The van der Waals surface area contributed by atoms with Gasteiger partial charge in [0.15, 0.2) is 0 Å². The van der Waals surface area contributed by atoms with Gasteiger partial charge in [-0.2, -0.15) is 0 Å². The number of likely N-dealkylation sites (tertiary alicyclic amines) is 1. The average Bonchev–Trinajstić information content (AvgIpc) is 2.70. The number of halogens is 1. The maximum absolute atomic E-state index is 4.65. The van der Waals surface area contributed by atoms with Crippen LogP contribution in [0.1, 0.15) is 25.6 Å². The Morgan fingerprint density at radius 3 is 3.22 bits per heavy atom. The summed E-state index contributed by atoms with van der Waals surface area (Å²) in [5.41, 5.74) is 2.17. The smallest absolute Gasteiger partial charge is 0.121 e. The fourth-order valence-corrected chi connectivity index (χ4v) is 3.11. The Hall–Kier alpha value is -0.870. The van der Waals surface area contributed by atoms with Gasteiger partial charge in [-0.3, -0.25) is 4.90 Å². The number of nitrogens with one attached hydrogen (secondary N) is 1. The molecule has 0 saturated carbocycles. The monoisotopic (exact) mass is 307 g/mol. The molecule has 0 aliphatic carbocycles. The zero-order valence-corrected chi connectivity index (χ0v) is 12.2. The third kappa shape index (κ3) is 2.59. The van der Waals surface area contributed by atoms with Gasteiger partial charge in [0.1, 0.15) is 5.82 Å². The molecule has 0 bridgehead atoms. The second kappa shape index (κ2) is 5.02. The van der Waals surface area contributed by atoms with Crippen molar-refractivity contribution in [3.63, 3.8) is 0 Å². The average molecular weight is 308 g/mol. The predicted octanol–water partition coefficient (Wildman–Crippen LogP) is 3.56. The molecule has 3 rings (SSSR count). The van der Waals surface area contributed by atoms with E-state index in [1.54, 1.807) is 0 Å². The van der Waals surface area contributed by atoms with Gasteiger partial charge in [0.05, 0.1) is 17.6 Å². The van der Waals surface area contributed by atoms with Gasteiger partial charge in [0.25, 0.3) is 0 Å². The molecule has 1 atom stereocenters. The van der Waals surface area contributed by atoms with E-state index < -0.39 is 0 Å². The third-order valence-electron chi connectivity index (χ3n) is 3.61. The topological polar surface area (TPSA) is 31.9 Å². The molecule has 1 aliphatic heterocycles. The number of hydrogen-bond acceptors (Lipinski definition) is 2. The number of hydrogen-bond donors (Lipinski definition) is 1. The Labute approximate surface area is 116 Å². The number of aromatic amines is 1. The third-order valence-corrected chi connectivity index (χ3v) is 4.10. The summed E-state index contributed by atoms with van der Waals surface area (Å²) in [5, 5.41) is 0. The molecular formula is C14H18BrN3. The summed E-state index contributed by atoms with van der Waals surface area (Å²) < 4.78 is 1.09. The maximum atomic E-state index is 4.65. The van der Waals surface area contributed by atoms with Gasteiger partial charge in [0, 0.05) is 11.0 Å². The molecule has 2 aromatic rings. The Morgan fingerprint density at radius 2 is 2.39 bits per heavy atom. The summed E-state index contributed by atoms with van der Waals surface area (Å²) in [4.78, 5) is 10.6. The SMILES string of the molecule is CC1CCCN(Cc2nc3ccc(Br)cc3[nH]2)C1. The molecule has 1 fully saturated rings. The largest absolute Gasteiger partial charge is 0.341 e. The van der Waals surface area contributed by atoms with Crippen LogP contribution in [0, 0.1) is 5.92 Å². The molecule has 18 heavy (non-hydrogen) atoms. The van der Waals surface area contributed by atoms with Gasteiger partial charge in [0.2, 0.25) is 0 Å². The summed E-state index contributed by atoms with van der Waals surface area (Å²) in [6.07, 6.45) is 2.68. The van der Waals surface area contributed by atoms with E-state index in [-0.39, 0.29) is 0 Å². The highest BCUT2D eigenvalue weighted by atomic mass is 79.9. The van der Waals surface area contributed by atoms with Crippen LogP contribution in [0.2, 0.25) is 0 Å². The van der Waals surface area contributed by atoms with E-state index in [4.69, 9.17) is 0 Å². The van der Waals surface area contributed by atoms with Crippen LogP contribution in [0.3, 0.4) is 0 Å². The zero-order chi connectivity index (χ0) is 12.5. The first-order valence-electron chi connectivity index (χ1n) is 6.57. The van der Waals surface area contributed by atoms with Crippen LogP contribution in [0.4, 0.5) is 0 Å². The van der Waals surface area contributed by atoms with Crippen molar-refractivity contribution in [1.29, 1.82) is 0 Å². The minimum Gasteiger partial charge on any atom is -0.341 e. The number of fused-ring (bicyclic) bond motifs is 1. The first kappa shape index (κ1) is 12.2. The van der Waals surface area contributed by atoms with Gasteiger partial charge in [-0.1, -0.05) is 22.9 Å². The molecule has 1 aromatic heterocycles. The molecular weight excluding hydrogens is 290 g/mol. The van der Waals surface area contributed by atoms with Crippen LogP contribution in [0.25, 0.3) is 11.0 Å². The lowest BCUT2D eigenvalue weighted by atomic mass is 10.0. The molecule has 1 aromatic carbocycles. The predicted molar refractivity (Wildman–Crippen MR) is 77.5 cm³/mol. The molecule has 0 radical (unpaired) electrons. The second-order valence-electron chi connectivity index (χ2n) is 5.33. The molecule has 0 amide bonds. The standard InChI is InChI=1S/C14H18BrN3/c1-10-3-2-6-18(8-10)9-14-16-12-5-4-11(15)7-13(12)17-14/h4-5,7,10H,2-3,6,8-9H2,1H3,(H,16,17). The number of aromatic nitrogens is 2. The molecule has 0 spiro atoms. The molecule has 3 nitrogen and oxygen atoms in total. The number of rotatable bonds is 2. The van der Waals surface area contributed by atoms with Crippen LogP contribution in [-0.2, 0) is 6.54 Å². The zero-order valence-electron chi connectivity index (χ0n) is 10.6. The molecule has 1 aliphatic rings. The van der Waals surface area contributed by atoms with E-state index >= 15 is 0 Å². The fourth-order valence-electron chi connectivity index (χ4n) is 2.75.